The quantitative estimate of drug-likeness (QED) is 0.805. The standard InChI is InChI=1S/C16H15ClN4O/c1-11-10-14(20-15-7-9-19-21(11)15)16(22)18-8-6-12-2-4-13(17)5-3-12/h2-5,7,9-10H,6,8H2,1H3,(H,18,22). The Balaban J connectivity index is 1.64. The van der Waals surface area contributed by atoms with Gasteiger partial charge in [0.1, 0.15) is 5.69 Å². The number of nitrogens with zero attached hydrogens (tertiary/aromatic N) is 3. The van der Waals surface area contributed by atoms with Gasteiger partial charge in [-0.3, -0.25) is 4.79 Å². The Labute approximate surface area is 132 Å². The van der Waals surface area contributed by atoms with Crippen LogP contribution in [0.4, 0.5) is 0 Å². The van der Waals surface area contributed by atoms with Gasteiger partial charge in [-0.1, -0.05) is 23.7 Å². The van der Waals surface area contributed by atoms with Crippen LogP contribution in [0.25, 0.3) is 5.65 Å². The molecule has 0 saturated heterocycles. The summed E-state index contributed by atoms with van der Waals surface area (Å²) < 4.78 is 1.70. The zero-order valence-corrected chi connectivity index (χ0v) is 12.8. The van der Waals surface area contributed by atoms with Gasteiger partial charge in [0.05, 0.1) is 6.20 Å². The van der Waals surface area contributed by atoms with E-state index in [0.717, 1.165) is 17.7 Å². The zero-order chi connectivity index (χ0) is 15.5. The van der Waals surface area contributed by atoms with Crippen LogP contribution in [-0.4, -0.2) is 27.0 Å². The molecule has 0 aliphatic heterocycles. The van der Waals surface area contributed by atoms with E-state index < -0.39 is 0 Å². The highest BCUT2D eigenvalue weighted by atomic mass is 35.5. The molecule has 112 valence electrons. The summed E-state index contributed by atoms with van der Waals surface area (Å²) >= 11 is 5.84. The molecule has 0 radical (unpaired) electrons. The molecule has 0 fully saturated rings. The van der Waals surface area contributed by atoms with Crippen LogP contribution in [0, 0.1) is 6.92 Å². The van der Waals surface area contributed by atoms with Crippen molar-refractivity contribution in [1.82, 2.24) is 19.9 Å². The van der Waals surface area contributed by atoms with Gasteiger partial charge in [0.25, 0.3) is 5.91 Å². The number of aromatic nitrogens is 3. The Morgan fingerprint density at radius 1 is 1.27 bits per heavy atom. The van der Waals surface area contributed by atoms with Crippen LogP contribution in [0.2, 0.25) is 5.02 Å². The predicted molar refractivity (Wildman–Crippen MR) is 85.2 cm³/mol. The molecule has 0 aliphatic carbocycles. The summed E-state index contributed by atoms with van der Waals surface area (Å²) in [5.41, 5.74) is 3.07. The number of hydrogen-bond acceptors (Lipinski definition) is 3. The van der Waals surface area contributed by atoms with E-state index in [0.29, 0.717) is 22.9 Å². The van der Waals surface area contributed by atoms with Gasteiger partial charge in [-0.15, -0.1) is 0 Å². The first kappa shape index (κ1) is 14.5. The van der Waals surface area contributed by atoms with Crippen molar-refractivity contribution in [2.24, 2.45) is 0 Å². The lowest BCUT2D eigenvalue weighted by Gasteiger charge is -2.07. The summed E-state index contributed by atoms with van der Waals surface area (Å²) in [6.45, 7) is 2.44. The lowest BCUT2D eigenvalue weighted by molar-refractivity contribution is 0.0949. The second-order valence-electron chi connectivity index (χ2n) is 5.02. The first-order chi connectivity index (χ1) is 10.6. The fraction of sp³-hybridized carbons (Fsp3) is 0.188. The Morgan fingerprint density at radius 2 is 2.05 bits per heavy atom. The summed E-state index contributed by atoms with van der Waals surface area (Å²) in [7, 11) is 0. The molecule has 3 rings (SSSR count). The third-order valence-electron chi connectivity index (χ3n) is 3.38. The molecule has 1 amide bonds. The van der Waals surface area contributed by atoms with E-state index in [1.807, 2.05) is 31.2 Å². The van der Waals surface area contributed by atoms with Crippen molar-refractivity contribution < 1.29 is 4.79 Å². The van der Waals surface area contributed by atoms with E-state index >= 15 is 0 Å². The Hall–Kier alpha value is -2.40. The molecule has 1 aromatic carbocycles. The van der Waals surface area contributed by atoms with Crippen molar-refractivity contribution in [3.05, 3.63) is 64.6 Å². The van der Waals surface area contributed by atoms with E-state index in [4.69, 9.17) is 11.6 Å². The van der Waals surface area contributed by atoms with Crippen molar-refractivity contribution in [3.8, 4) is 0 Å². The van der Waals surface area contributed by atoms with Gasteiger partial charge in [0.15, 0.2) is 5.65 Å². The molecule has 2 aromatic heterocycles. The molecule has 5 nitrogen and oxygen atoms in total. The van der Waals surface area contributed by atoms with Gasteiger partial charge < -0.3 is 5.32 Å². The maximum atomic E-state index is 12.2. The third-order valence-corrected chi connectivity index (χ3v) is 3.63. The molecular weight excluding hydrogens is 300 g/mol. The minimum absolute atomic E-state index is 0.180. The number of amides is 1. The molecular formula is C16H15ClN4O. The van der Waals surface area contributed by atoms with E-state index in [-0.39, 0.29) is 5.91 Å². The number of rotatable bonds is 4. The highest BCUT2D eigenvalue weighted by Gasteiger charge is 2.10. The molecule has 0 spiro atoms. The number of aryl methyl sites for hydroxylation is 1. The van der Waals surface area contributed by atoms with Gasteiger partial charge >= 0.3 is 0 Å². The molecule has 0 aliphatic rings. The Morgan fingerprint density at radius 3 is 2.82 bits per heavy atom. The van der Waals surface area contributed by atoms with E-state index in [1.165, 1.54) is 0 Å². The largest absolute Gasteiger partial charge is 0.350 e. The second-order valence-corrected chi connectivity index (χ2v) is 5.45. The fourth-order valence-corrected chi connectivity index (χ4v) is 2.37. The number of carbonyl (C=O) groups is 1. The van der Waals surface area contributed by atoms with Crippen LogP contribution >= 0.6 is 11.6 Å². The third kappa shape index (κ3) is 3.09. The summed E-state index contributed by atoms with van der Waals surface area (Å²) in [5.74, 6) is -0.180. The van der Waals surface area contributed by atoms with Gasteiger partial charge in [0, 0.05) is 23.3 Å². The summed E-state index contributed by atoms with van der Waals surface area (Å²) in [6, 6.07) is 11.1. The van der Waals surface area contributed by atoms with E-state index in [2.05, 4.69) is 15.4 Å². The Bertz CT molecular complexity index is 811. The maximum absolute atomic E-state index is 12.2. The van der Waals surface area contributed by atoms with E-state index in [9.17, 15) is 4.79 Å². The zero-order valence-electron chi connectivity index (χ0n) is 12.1. The number of benzene rings is 1. The van der Waals surface area contributed by atoms with Crippen LogP contribution in [-0.2, 0) is 6.42 Å². The van der Waals surface area contributed by atoms with Crippen molar-refractivity contribution >= 4 is 23.2 Å². The number of hydrogen-bond donors (Lipinski definition) is 1. The van der Waals surface area contributed by atoms with Crippen LogP contribution in [0.1, 0.15) is 21.7 Å². The van der Waals surface area contributed by atoms with Gasteiger partial charge in [-0.25, -0.2) is 9.50 Å². The number of halogens is 1. The van der Waals surface area contributed by atoms with Crippen LogP contribution in [0.5, 0.6) is 0 Å². The molecule has 0 unspecified atom stereocenters. The topological polar surface area (TPSA) is 59.3 Å². The van der Waals surface area contributed by atoms with Crippen molar-refractivity contribution in [2.75, 3.05) is 6.54 Å². The molecule has 2 heterocycles. The van der Waals surface area contributed by atoms with Gasteiger partial charge in [0.2, 0.25) is 0 Å². The minimum Gasteiger partial charge on any atom is -0.350 e. The van der Waals surface area contributed by atoms with Gasteiger partial charge in [-0.05, 0) is 37.1 Å². The molecule has 0 saturated carbocycles. The molecule has 0 atom stereocenters. The molecule has 0 bridgehead atoms. The molecule has 6 heteroatoms. The lowest BCUT2D eigenvalue weighted by Crippen LogP contribution is -2.27. The van der Waals surface area contributed by atoms with Crippen molar-refractivity contribution in [2.45, 2.75) is 13.3 Å². The smallest absolute Gasteiger partial charge is 0.270 e. The first-order valence-electron chi connectivity index (χ1n) is 6.97. The molecule has 22 heavy (non-hydrogen) atoms. The maximum Gasteiger partial charge on any atom is 0.270 e. The lowest BCUT2D eigenvalue weighted by atomic mass is 10.1. The highest BCUT2D eigenvalue weighted by Crippen LogP contribution is 2.10. The number of nitrogens with one attached hydrogen (secondary N) is 1. The molecule has 1 N–H and O–H groups in total. The summed E-state index contributed by atoms with van der Waals surface area (Å²) in [4.78, 5) is 16.5. The van der Waals surface area contributed by atoms with Gasteiger partial charge in [-0.2, -0.15) is 5.10 Å². The monoisotopic (exact) mass is 314 g/mol. The fourth-order valence-electron chi connectivity index (χ4n) is 2.25. The molecule has 3 aromatic rings. The van der Waals surface area contributed by atoms with Crippen LogP contribution in [0.15, 0.2) is 42.6 Å². The Kier molecular flexibility index (Phi) is 4.06. The van der Waals surface area contributed by atoms with Crippen molar-refractivity contribution in [3.63, 3.8) is 0 Å². The number of fused-ring (bicyclic) bond motifs is 1. The van der Waals surface area contributed by atoms with E-state index in [1.54, 1.807) is 22.8 Å². The summed E-state index contributed by atoms with van der Waals surface area (Å²) in [6.07, 6.45) is 2.41. The average molecular weight is 315 g/mol. The predicted octanol–water partition coefficient (Wildman–Crippen LogP) is 2.66. The van der Waals surface area contributed by atoms with Crippen LogP contribution < -0.4 is 5.32 Å². The normalized spacial score (nSPS) is 10.8. The minimum atomic E-state index is -0.180. The summed E-state index contributed by atoms with van der Waals surface area (Å²) in [5, 5.41) is 7.73. The number of carbonyl (C=O) groups excluding carboxylic acids is 1. The van der Waals surface area contributed by atoms with Crippen molar-refractivity contribution in [1.29, 1.82) is 0 Å². The average Bonchev–Trinajstić information content (AvgIpc) is 2.98. The highest BCUT2D eigenvalue weighted by molar-refractivity contribution is 6.30. The van der Waals surface area contributed by atoms with Crippen LogP contribution in [0.3, 0.4) is 0 Å². The first-order valence-corrected chi connectivity index (χ1v) is 7.35. The second kappa shape index (κ2) is 6.15. The SMILES string of the molecule is Cc1cc(C(=O)NCCc2ccc(Cl)cc2)nc2ccnn12.